The van der Waals surface area contributed by atoms with Crippen molar-refractivity contribution in [1.29, 1.82) is 0 Å². The predicted molar refractivity (Wildman–Crippen MR) is 79.8 cm³/mol. The molecule has 0 atom stereocenters. The first kappa shape index (κ1) is 27.9. The van der Waals surface area contributed by atoms with Crippen LogP contribution in [0.25, 0.3) is 0 Å². The van der Waals surface area contributed by atoms with Gasteiger partial charge in [-0.1, -0.05) is 0 Å². The van der Waals surface area contributed by atoms with Gasteiger partial charge in [-0.3, -0.25) is 0 Å². The molecule has 4 N–H and O–H groups in total. The summed E-state index contributed by atoms with van der Waals surface area (Å²) in [6, 6.07) is 0. The molecule has 0 aromatic heterocycles. The minimum Gasteiger partial charge on any atom is -0.550 e. The minimum absolute atomic E-state index is 0. The van der Waals surface area contributed by atoms with Crippen molar-refractivity contribution in [2.24, 2.45) is 22.3 Å². The number of hydrogen-bond donors (Lipinski definition) is 2. The van der Waals surface area contributed by atoms with Crippen LogP contribution in [-0.4, -0.2) is 84.1 Å². The molecule has 0 unspecified atom stereocenters. The van der Waals surface area contributed by atoms with Crippen LogP contribution in [-0.2, 0) is 19.2 Å². The Morgan fingerprint density at radius 3 is 1.35 bits per heavy atom. The molecular formula is C14H18N2O8Pb2. The summed E-state index contributed by atoms with van der Waals surface area (Å²) in [7, 11) is 0. The van der Waals surface area contributed by atoms with Crippen LogP contribution < -0.4 is 31.9 Å². The fraction of sp³-hybridized carbons (Fsp3) is 0.714. The van der Waals surface area contributed by atoms with E-state index in [-0.39, 0.29) is 73.9 Å². The van der Waals surface area contributed by atoms with Gasteiger partial charge in [-0.05, 0) is 50.4 Å². The van der Waals surface area contributed by atoms with Crippen molar-refractivity contribution in [1.82, 2.24) is 0 Å². The van der Waals surface area contributed by atoms with E-state index in [9.17, 15) is 39.6 Å². The summed E-state index contributed by atoms with van der Waals surface area (Å²) in [5.74, 6) is -6.84. The van der Waals surface area contributed by atoms with Crippen molar-refractivity contribution >= 4 is 78.5 Å². The van der Waals surface area contributed by atoms with Gasteiger partial charge in [0.05, 0.1) is 5.66 Å². The van der Waals surface area contributed by atoms with Crippen LogP contribution in [0.15, 0.2) is 0 Å². The molecule has 12 heteroatoms. The van der Waals surface area contributed by atoms with E-state index in [1.54, 1.807) is 0 Å². The third-order valence-electron chi connectivity index (χ3n) is 5.01. The van der Waals surface area contributed by atoms with E-state index in [1.807, 2.05) is 0 Å². The number of carboxylic acids is 4. The van der Waals surface area contributed by atoms with Crippen molar-refractivity contribution in [2.45, 2.75) is 50.6 Å². The van der Waals surface area contributed by atoms with Crippen LogP contribution in [0.2, 0.25) is 0 Å². The van der Waals surface area contributed by atoms with E-state index >= 15 is 0 Å². The molecule has 1 saturated carbocycles. The Balaban J connectivity index is 0. The molecule has 0 aromatic carbocycles. The standard InChI is InChI=1S/C14H22N2O8.2Pb/c15-14(16)3-1-2-12(4-8(17)18,5-9(19)20)13(14,6-10(21)22)7-11(23)24;;/h1-7,15-16H2,(H,17,18)(H,19,20)(H,21,22)(H,23,24);;/q;2*+2/p-4. The topological polar surface area (TPSA) is 213 Å². The summed E-state index contributed by atoms with van der Waals surface area (Å²) in [4.78, 5) is 44.9. The van der Waals surface area contributed by atoms with Crippen molar-refractivity contribution in [3.63, 3.8) is 0 Å². The van der Waals surface area contributed by atoms with E-state index in [2.05, 4.69) is 0 Å². The summed E-state index contributed by atoms with van der Waals surface area (Å²) >= 11 is 0. The number of nitrogens with two attached hydrogens (primary N) is 2. The average molecular weight is 757 g/mol. The van der Waals surface area contributed by atoms with Gasteiger partial charge in [-0.2, -0.15) is 0 Å². The zero-order valence-electron chi connectivity index (χ0n) is 13.9. The van der Waals surface area contributed by atoms with E-state index in [1.165, 1.54) is 0 Å². The maximum atomic E-state index is 11.2. The van der Waals surface area contributed by atoms with Gasteiger partial charge in [0.25, 0.3) is 0 Å². The molecule has 0 saturated heterocycles. The number of hydrogen-bond acceptors (Lipinski definition) is 10. The SMILES string of the molecule is NC1(N)CCCC(CC(=O)[O-])(CC(=O)[O-])C1(CC(=O)[O-])CC(=O)[O-].[Pb+2].[Pb+2]. The van der Waals surface area contributed by atoms with E-state index < -0.39 is 66.1 Å². The summed E-state index contributed by atoms with van der Waals surface area (Å²) in [6.07, 6.45) is -3.91. The first-order chi connectivity index (χ1) is 10.9. The van der Waals surface area contributed by atoms with Gasteiger partial charge in [0.2, 0.25) is 0 Å². The molecule has 1 fully saturated rings. The molecule has 10 nitrogen and oxygen atoms in total. The second kappa shape index (κ2) is 10.3. The first-order valence-electron chi connectivity index (χ1n) is 7.25. The first-order valence-corrected chi connectivity index (χ1v) is 7.25. The summed E-state index contributed by atoms with van der Waals surface area (Å²) in [5.41, 5.74) is 5.94. The molecule has 0 aliphatic heterocycles. The smallest absolute Gasteiger partial charge is 0.550 e. The average Bonchev–Trinajstić information content (AvgIpc) is 2.32. The normalized spacial score (nSPS) is 19.3. The fourth-order valence-electron chi connectivity index (χ4n) is 4.08. The van der Waals surface area contributed by atoms with Crippen molar-refractivity contribution in [3.05, 3.63) is 0 Å². The predicted octanol–water partition coefficient (Wildman–Crippen LogP) is -6.44. The largest absolute Gasteiger partial charge is 2.00 e. The maximum Gasteiger partial charge on any atom is 2.00 e. The van der Waals surface area contributed by atoms with Gasteiger partial charge in [0, 0.05) is 29.3 Å². The van der Waals surface area contributed by atoms with Crippen molar-refractivity contribution in [3.8, 4) is 0 Å². The molecular weight excluding hydrogens is 739 g/mol. The summed E-state index contributed by atoms with van der Waals surface area (Å²) < 4.78 is 0. The number of carbonyl (C=O) groups is 4. The van der Waals surface area contributed by atoms with Gasteiger partial charge in [0.15, 0.2) is 0 Å². The second-order valence-electron chi connectivity index (χ2n) is 6.45. The Bertz CT molecular complexity index is 535. The minimum atomic E-state index is -2.12. The molecule has 0 spiro atoms. The van der Waals surface area contributed by atoms with Crippen LogP contribution in [0.3, 0.4) is 0 Å². The molecule has 140 valence electrons. The Hall–Kier alpha value is -0.356. The maximum absolute atomic E-state index is 11.2. The molecule has 4 radical (unpaired) electrons. The third kappa shape index (κ3) is 5.82. The molecule has 0 aromatic rings. The number of carboxylic acid groups (broad SMARTS) is 4. The van der Waals surface area contributed by atoms with Gasteiger partial charge >= 0.3 is 54.6 Å². The Morgan fingerprint density at radius 1 is 0.692 bits per heavy atom. The van der Waals surface area contributed by atoms with Gasteiger partial charge < -0.3 is 51.1 Å². The van der Waals surface area contributed by atoms with Crippen LogP contribution in [0, 0.1) is 10.8 Å². The zero-order chi connectivity index (χ0) is 18.8. The molecule has 1 aliphatic carbocycles. The Labute approximate surface area is 190 Å². The Kier molecular flexibility index (Phi) is 11.0. The number of carbonyl (C=O) groups excluding carboxylic acids is 4. The monoisotopic (exact) mass is 758 g/mol. The number of aliphatic carboxylic acids is 4. The Morgan fingerprint density at radius 2 is 1.04 bits per heavy atom. The van der Waals surface area contributed by atoms with Crippen molar-refractivity contribution < 1.29 is 39.6 Å². The molecule has 0 bridgehead atoms. The number of rotatable bonds is 8. The molecule has 26 heavy (non-hydrogen) atoms. The van der Waals surface area contributed by atoms with E-state index in [0.717, 1.165) is 0 Å². The molecule has 0 heterocycles. The quantitative estimate of drug-likeness (QED) is 0.177. The van der Waals surface area contributed by atoms with Crippen molar-refractivity contribution in [2.75, 3.05) is 0 Å². The fourth-order valence-corrected chi connectivity index (χ4v) is 4.08. The van der Waals surface area contributed by atoms with E-state index in [0.29, 0.717) is 0 Å². The summed E-state index contributed by atoms with van der Waals surface area (Å²) in [6.45, 7) is 0. The van der Waals surface area contributed by atoms with Crippen LogP contribution in [0.5, 0.6) is 0 Å². The van der Waals surface area contributed by atoms with Gasteiger partial charge in [-0.25, -0.2) is 0 Å². The van der Waals surface area contributed by atoms with E-state index in [4.69, 9.17) is 11.5 Å². The third-order valence-corrected chi connectivity index (χ3v) is 5.01. The van der Waals surface area contributed by atoms with Gasteiger partial charge in [0.1, 0.15) is 0 Å². The van der Waals surface area contributed by atoms with Crippen LogP contribution >= 0.6 is 0 Å². The molecule has 1 rings (SSSR count). The zero-order valence-corrected chi connectivity index (χ0v) is 21.6. The van der Waals surface area contributed by atoms with Crippen LogP contribution in [0.4, 0.5) is 0 Å². The van der Waals surface area contributed by atoms with Crippen LogP contribution in [0.1, 0.15) is 44.9 Å². The second-order valence-corrected chi connectivity index (χ2v) is 6.45. The summed E-state index contributed by atoms with van der Waals surface area (Å²) in [5, 5.41) is 44.9. The van der Waals surface area contributed by atoms with Gasteiger partial charge in [-0.15, -0.1) is 0 Å². The molecule has 1 aliphatic rings. The molecule has 0 amide bonds.